The number of guanidine groups is 1. The zero-order valence-corrected chi connectivity index (χ0v) is 18.6. The van der Waals surface area contributed by atoms with Gasteiger partial charge in [-0.1, -0.05) is 23.8 Å². The first-order chi connectivity index (χ1) is 14.7. The highest BCUT2D eigenvalue weighted by Gasteiger charge is 2.12. The fraction of sp³-hybridized carbons (Fsp3) is 0.292. The molecule has 162 valence electrons. The summed E-state index contributed by atoms with van der Waals surface area (Å²) in [5.41, 5.74) is 6.48. The number of carbonyl (C=O) groups is 1. The lowest BCUT2D eigenvalue weighted by molar-refractivity contribution is 0.0976. The number of aliphatic imine (C=N–C) groups is 1. The van der Waals surface area contributed by atoms with Crippen molar-refractivity contribution in [3.05, 3.63) is 81.9 Å². The zero-order chi connectivity index (χ0) is 22.5. The molecule has 2 aromatic carbocycles. The predicted octanol–water partition coefficient (Wildman–Crippen LogP) is 4.23. The number of hydrogen-bond donors (Lipinski definition) is 2. The number of aryl methyl sites for hydroxylation is 4. The average molecular weight is 422 g/mol. The van der Waals surface area contributed by atoms with Crippen molar-refractivity contribution in [2.24, 2.45) is 12.0 Å². The quantitative estimate of drug-likeness (QED) is 0.478. The number of anilines is 1. The first kappa shape index (κ1) is 22.2. The molecule has 0 fully saturated rings. The van der Waals surface area contributed by atoms with E-state index in [-0.39, 0.29) is 5.56 Å². The van der Waals surface area contributed by atoms with Gasteiger partial charge in [0.15, 0.2) is 0 Å². The Morgan fingerprint density at radius 1 is 1.13 bits per heavy atom. The number of aromatic nitrogens is 2. The Labute approximate surface area is 182 Å². The van der Waals surface area contributed by atoms with Crippen molar-refractivity contribution in [1.82, 2.24) is 15.1 Å². The number of carbonyl (C=O) groups excluding carboxylic acids is 1. The molecule has 0 unspecified atom stereocenters. The van der Waals surface area contributed by atoms with Crippen LogP contribution in [-0.2, 0) is 13.5 Å². The Bertz CT molecular complexity index is 1130. The lowest BCUT2D eigenvalue weighted by Gasteiger charge is -2.14. The number of hydrogen-bond acceptors (Lipinski definition) is 3. The van der Waals surface area contributed by atoms with Gasteiger partial charge in [-0.05, 0) is 69.5 Å². The van der Waals surface area contributed by atoms with Gasteiger partial charge in [0.25, 0.3) is 5.91 Å². The maximum absolute atomic E-state index is 13.5. The average Bonchev–Trinajstić information content (AvgIpc) is 2.95. The maximum atomic E-state index is 13.5. The molecule has 0 aliphatic rings. The molecule has 1 amide bonds. The first-order valence-corrected chi connectivity index (χ1v) is 10.2. The number of benzene rings is 2. The summed E-state index contributed by atoms with van der Waals surface area (Å²) in [5, 5.41) is 10.4. The molecule has 0 atom stereocenters. The molecule has 1 heterocycles. The van der Waals surface area contributed by atoms with Crippen LogP contribution in [-0.4, -0.2) is 28.2 Å². The smallest absolute Gasteiger partial charge is 0.258 e. The number of halogens is 1. The Kier molecular flexibility index (Phi) is 6.84. The molecule has 6 nitrogen and oxygen atoms in total. The van der Waals surface area contributed by atoms with Crippen molar-refractivity contribution in [3.63, 3.8) is 0 Å². The van der Waals surface area contributed by atoms with Crippen LogP contribution in [0.4, 0.5) is 10.1 Å². The Balaban J connectivity index is 1.82. The van der Waals surface area contributed by atoms with E-state index in [1.807, 2.05) is 51.6 Å². The number of amides is 1. The minimum atomic E-state index is -0.462. The highest BCUT2D eigenvalue weighted by atomic mass is 19.1. The minimum Gasteiger partial charge on any atom is -0.326 e. The molecule has 3 rings (SSSR count). The Morgan fingerprint density at radius 2 is 1.90 bits per heavy atom. The van der Waals surface area contributed by atoms with Gasteiger partial charge in [-0.2, -0.15) is 5.10 Å². The minimum absolute atomic E-state index is 0.231. The van der Waals surface area contributed by atoms with Crippen LogP contribution in [0.3, 0.4) is 0 Å². The molecule has 0 aliphatic carbocycles. The zero-order valence-electron chi connectivity index (χ0n) is 18.6. The normalized spacial score (nSPS) is 11.5. The summed E-state index contributed by atoms with van der Waals surface area (Å²) in [5.74, 6) is -0.569. The standard InChI is InChI=1S/C24H28FN5O/c1-15-9-10-22(16(2)13-15)27-24(28-23(31)19-7-6-8-20(25)14-19)26-12-11-21-17(3)29-30(5)18(21)4/h6-10,13-14H,11-12H2,1-5H3,(H2,26,27,28,31). The van der Waals surface area contributed by atoms with Crippen molar-refractivity contribution in [2.45, 2.75) is 34.1 Å². The molecule has 0 bridgehead atoms. The summed E-state index contributed by atoms with van der Waals surface area (Å²) >= 11 is 0. The van der Waals surface area contributed by atoms with Crippen molar-refractivity contribution in [2.75, 3.05) is 11.9 Å². The number of rotatable bonds is 5. The van der Waals surface area contributed by atoms with Crippen molar-refractivity contribution >= 4 is 17.6 Å². The van der Waals surface area contributed by atoms with E-state index >= 15 is 0 Å². The van der Waals surface area contributed by atoms with Gasteiger partial charge in [-0.3, -0.25) is 19.8 Å². The molecule has 7 heteroatoms. The first-order valence-electron chi connectivity index (χ1n) is 10.2. The van der Waals surface area contributed by atoms with Gasteiger partial charge in [-0.25, -0.2) is 4.39 Å². The lowest BCUT2D eigenvalue weighted by Crippen LogP contribution is -2.36. The largest absolute Gasteiger partial charge is 0.326 e. The summed E-state index contributed by atoms with van der Waals surface area (Å²) in [7, 11) is 1.92. The third-order valence-corrected chi connectivity index (χ3v) is 5.24. The summed E-state index contributed by atoms with van der Waals surface area (Å²) in [6.07, 6.45) is 0.694. The van der Waals surface area contributed by atoms with E-state index in [2.05, 4.69) is 26.8 Å². The summed E-state index contributed by atoms with van der Waals surface area (Å²) in [6, 6.07) is 11.6. The van der Waals surface area contributed by atoms with Gasteiger partial charge in [0.2, 0.25) is 5.96 Å². The summed E-state index contributed by atoms with van der Waals surface area (Å²) in [6.45, 7) is 8.48. The number of nitrogens with zero attached hydrogens (tertiary/aromatic N) is 3. The van der Waals surface area contributed by atoms with Gasteiger partial charge in [0.05, 0.1) is 5.69 Å². The molecule has 0 saturated carbocycles. The van der Waals surface area contributed by atoms with E-state index in [4.69, 9.17) is 0 Å². The van der Waals surface area contributed by atoms with E-state index in [0.29, 0.717) is 18.9 Å². The van der Waals surface area contributed by atoms with E-state index in [9.17, 15) is 9.18 Å². The van der Waals surface area contributed by atoms with Gasteiger partial charge in [-0.15, -0.1) is 0 Å². The van der Waals surface area contributed by atoms with Crippen LogP contribution in [0.1, 0.15) is 38.4 Å². The van der Waals surface area contributed by atoms with E-state index in [1.165, 1.54) is 18.2 Å². The molecule has 31 heavy (non-hydrogen) atoms. The SMILES string of the molecule is Cc1ccc(NC(=NCCc2c(C)nn(C)c2C)NC(=O)c2cccc(F)c2)c(C)c1. The van der Waals surface area contributed by atoms with Gasteiger partial charge in [0, 0.05) is 30.5 Å². The lowest BCUT2D eigenvalue weighted by atomic mass is 10.1. The van der Waals surface area contributed by atoms with Crippen LogP contribution in [0.15, 0.2) is 47.5 Å². The molecule has 0 spiro atoms. The molecule has 3 aromatic rings. The fourth-order valence-corrected chi connectivity index (χ4v) is 3.46. The van der Waals surface area contributed by atoms with Crippen molar-refractivity contribution in [3.8, 4) is 0 Å². The number of nitrogens with one attached hydrogen (secondary N) is 2. The van der Waals surface area contributed by atoms with Gasteiger partial charge in [0.1, 0.15) is 5.82 Å². The monoisotopic (exact) mass is 421 g/mol. The van der Waals surface area contributed by atoms with Crippen LogP contribution >= 0.6 is 0 Å². The van der Waals surface area contributed by atoms with Crippen LogP contribution in [0.5, 0.6) is 0 Å². The molecular formula is C24H28FN5O. The third-order valence-electron chi connectivity index (χ3n) is 5.24. The molecular weight excluding hydrogens is 393 g/mol. The van der Waals surface area contributed by atoms with Gasteiger partial charge >= 0.3 is 0 Å². The van der Waals surface area contributed by atoms with Crippen LogP contribution in [0, 0.1) is 33.5 Å². The summed E-state index contributed by atoms with van der Waals surface area (Å²) in [4.78, 5) is 17.3. The van der Waals surface area contributed by atoms with Crippen molar-refractivity contribution < 1.29 is 9.18 Å². The fourth-order valence-electron chi connectivity index (χ4n) is 3.46. The van der Waals surface area contributed by atoms with E-state index < -0.39 is 11.7 Å². The van der Waals surface area contributed by atoms with Crippen LogP contribution in [0.2, 0.25) is 0 Å². The highest BCUT2D eigenvalue weighted by Crippen LogP contribution is 2.16. The van der Waals surface area contributed by atoms with Crippen LogP contribution in [0.25, 0.3) is 0 Å². The molecule has 0 saturated heterocycles. The molecule has 0 aliphatic heterocycles. The van der Waals surface area contributed by atoms with Crippen LogP contribution < -0.4 is 10.6 Å². The Hall–Kier alpha value is -3.48. The predicted molar refractivity (Wildman–Crippen MR) is 122 cm³/mol. The summed E-state index contributed by atoms with van der Waals surface area (Å²) < 4.78 is 15.4. The van der Waals surface area contributed by atoms with Crippen molar-refractivity contribution in [1.29, 1.82) is 0 Å². The van der Waals surface area contributed by atoms with Gasteiger partial charge < -0.3 is 5.32 Å². The molecule has 1 aromatic heterocycles. The third kappa shape index (κ3) is 5.57. The second kappa shape index (κ2) is 9.55. The topological polar surface area (TPSA) is 71.3 Å². The Morgan fingerprint density at radius 3 is 2.55 bits per heavy atom. The molecule has 0 radical (unpaired) electrons. The second-order valence-corrected chi connectivity index (χ2v) is 7.66. The van der Waals surface area contributed by atoms with E-state index in [1.54, 1.807) is 6.07 Å². The molecule has 2 N–H and O–H groups in total. The van der Waals surface area contributed by atoms with E-state index in [0.717, 1.165) is 33.8 Å². The highest BCUT2D eigenvalue weighted by molar-refractivity contribution is 6.10. The second-order valence-electron chi connectivity index (χ2n) is 7.66. The maximum Gasteiger partial charge on any atom is 0.258 e.